The maximum Gasteiger partial charge on any atom is 0.408 e. The van der Waals surface area contributed by atoms with Crippen molar-refractivity contribution in [2.24, 2.45) is 0 Å². The topological polar surface area (TPSA) is 201 Å². The summed E-state index contributed by atoms with van der Waals surface area (Å²) in [6.07, 6.45) is -1.69. The molecule has 0 aliphatic rings. The van der Waals surface area contributed by atoms with E-state index in [0.29, 0.717) is 0 Å². The van der Waals surface area contributed by atoms with Gasteiger partial charge in [-0.15, -0.1) is 0 Å². The second kappa shape index (κ2) is 24.1. The summed E-state index contributed by atoms with van der Waals surface area (Å²) >= 11 is 25.1. The standard InChI is InChI=1S/C31H22Cl4O7.C12H13NO6/c32-22-11-13-24(39-15-19-7-3-1-4-8-19)28(34)26(22)30(37)41-17-21(36)18-42-31(38)27-23(33)12-14-25(29(27)35)40-16-20-9-5-2-6-10-20;14-10(15)6-9(11(16)17)13-12(18)19-7-8-4-2-1-3-5-8/h1-14H,15-18H2;1-5,9H,6-7H2,(H,13,18)(H,14,15)(H,16,17)/t;9-/m.0/s1. The van der Waals surface area contributed by atoms with Crippen molar-refractivity contribution in [3.8, 4) is 11.5 Å². The SMILES string of the molecule is O=C(COC(=O)c1c(Cl)ccc(OCc2ccccc2)c1Cl)COC(=O)c1c(Cl)ccc(OCc2ccccc2)c1Cl.O=C(O)C[C@H](NC(=O)OCc1ccccc1)C(=O)O. The lowest BCUT2D eigenvalue weighted by atomic mass is 10.2. The highest BCUT2D eigenvalue weighted by molar-refractivity contribution is 6.41. The van der Waals surface area contributed by atoms with E-state index in [1.807, 2.05) is 66.0 Å². The van der Waals surface area contributed by atoms with Crippen LogP contribution in [0.5, 0.6) is 11.5 Å². The third-order valence-corrected chi connectivity index (χ3v) is 9.28. The molecular weight excluding hydrogens is 880 g/mol. The number of hydrogen-bond acceptors (Lipinski definition) is 11. The number of carbonyl (C=O) groups is 6. The number of rotatable bonds is 18. The Morgan fingerprint density at radius 2 is 0.918 bits per heavy atom. The number of Topliss-reactive ketones (excluding diaryl/α,β-unsaturated/α-hetero) is 1. The molecule has 0 heterocycles. The van der Waals surface area contributed by atoms with E-state index in [4.69, 9.17) is 80.3 Å². The number of carboxylic acids is 2. The minimum atomic E-state index is -1.51. The summed E-state index contributed by atoms with van der Waals surface area (Å²) in [5, 5.41) is 19.1. The molecule has 0 aliphatic carbocycles. The number of nitrogens with one attached hydrogen (secondary N) is 1. The van der Waals surface area contributed by atoms with Crippen LogP contribution >= 0.6 is 46.4 Å². The normalized spacial score (nSPS) is 10.8. The summed E-state index contributed by atoms with van der Waals surface area (Å²) in [4.78, 5) is 70.2. The van der Waals surface area contributed by atoms with E-state index in [1.165, 1.54) is 24.3 Å². The molecule has 0 saturated heterocycles. The van der Waals surface area contributed by atoms with Crippen LogP contribution in [0.2, 0.25) is 20.1 Å². The maximum absolute atomic E-state index is 12.7. The first-order valence-electron chi connectivity index (χ1n) is 17.8. The smallest absolute Gasteiger partial charge is 0.408 e. The van der Waals surface area contributed by atoms with Gasteiger partial charge in [0.05, 0.1) is 26.5 Å². The average molecular weight is 916 g/mol. The molecule has 5 aromatic carbocycles. The molecule has 1 atom stereocenters. The summed E-state index contributed by atoms with van der Waals surface area (Å²) in [7, 11) is 0. The molecule has 14 nitrogen and oxygen atoms in total. The number of benzene rings is 5. The van der Waals surface area contributed by atoms with Gasteiger partial charge in [-0.2, -0.15) is 0 Å². The van der Waals surface area contributed by atoms with E-state index < -0.39 is 61.4 Å². The number of esters is 2. The maximum atomic E-state index is 12.7. The van der Waals surface area contributed by atoms with Gasteiger partial charge in [-0.25, -0.2) is 19.2 Å². The predicted molar refractivity (Wildman–Crippen MR) is 223 cm³/mol. The zero-order valence-corrected chi connectivity index (χ0v) is 34.7. The number of aliphatic carboxylic acids is 2. The molecule has 0 saturated carbocycles. The van der Waals surface area contributed by atoms with Gasteiger partial charge in [0.2, 0.25) is 5.78 Å². The van der Waals surface area contributed by atoms with Gasteiger partial charge in [-0.3, -0.25) is 9.59 Å². The van der Waals surface area contributed by atoms with Gasteiger partial charge in [0.1, 0.15) is 48.5 Å². The van der Waals surface area contributed by atoms with E-state index in [9.17, 15) is 28.8 Å². The van der Waals surface area contributed by atoms with Gasteiger partial charge in [0.15, 0.2) is 13.2 Å². The molecule has 318 valence electrons. The summed E-state index contributed by atoms with van der Waals surface area (Å²) in [6, 6.07) is 31.9. The van der Waals surface area contributed by atoms with Crippen LogP contribution in [-0.4, -0.2) is 65.2 Å². The number of carbonyl (C=O) groups excluding carboxylic acids is 4. The number of ketones is 1. The predicted octanol–water partition coefficient (Wildman–Crippen LogP) is 8.88. The lowest BCUT2D eigenvalue weighted by molar-refractivity contribution is -0.145. The van der Waals surface area contributed by atoms with Crippen LogP contribution in [0.1, 0.15) is 43.8 Å². The first kappa shape index (κ1) is 47.4. The van der Waals surface area contributed by atoms with Crippen LogP contribution in [0.15, 0.2) is 115 Å². The molecule has 0 radical (unpaired) electrons. The monoisotopic (exact) mass is 913 g/mol. The van der Waals surface area contributed by atoms with Gasteiger partial charge >= 0.3 is 30.0 Å². The molecule has 61 heavy (non-hydrogen) atoms. The molecule has 0 aromatic heterocycles. The highest BCUT2D eigenvalue weighted by atomic mass is 35.5. The summed E-state index contributed by atoms with van der Waals surface area (Å²) < 4.78 is 26.4. The first-order valence-corrected chi connectivity index (χ1v) is 19.3. The number of amides is 1. The zero-order chi connectivity index (χ0) is 44.3. The Balaban J connectivity index is 0.000000361. The van der Waals surface area contributed by atoms with Crippen molar-refractivity contribution in [2.75, 3.05) is 13.2 Å². The number of ether oxygens (including phenoxy) is 5. The fourth-order valence-electron chi connectivity index (χ4n) is 4.89. The second-order valence-corrected chi connectivity index (χ2v) is 14.0. The van der Waals surface area contributed by atoms with Crippen molar-refractivity contribution >= 4 is 82.2 Å². The molecule has 5 aromatic rings. The Kier molecular flexibility index (Phi) is 18.7. The minimum absolute atomic E-state index is 0.00888. The van der Waals surface area contributed by atoms with Gasteiger partial charge in [-0.1, -0.05) is 137 Å². The molecule has 0 unspecified atom stereocenters. The highest BCUT2D eigenvalue weighted by Crippen LogP contribution is 2.36. The van der Waals surface area contributed by atoms with Crippen LogP contribution < -0.4 is 14.8 Å². The van der Waals surface area contributed by atoms with Crippen molar-refractivity contribution in [1.82, 2.24) is 5.32 Å². The molecular formula is C43H35Cl4NO13. The van der Waals surface area contributed by atoms with E-state index in [2.05, 4.69) is 0 Å². The lowest BCUT2D eigenvalue weighted by Crippen LogP contribution is -2.42. The number of hydrogen-bond donors (Lipinski definition) is 3. The van der Waals surface area contributed by atoms with Crippen LogP contribution in [0.25, 0.3) is 0 Å². The molecule has 0 fully saturated rings. The Labute approximate surface area is 368 Å². The molecule has 1 amide bonds. The molecule has 0 bridgehead atoms. The fraction of sp³-hybridized carbons (Fsp3) is 0.163. The van der Waals surface area contributed by atoms with Crippen molar-refractivity contribution in [3.05, 3.63) is 163 Å². The van der Waals surface area contributed by atoms with Crippen molar-refractivity contribution in [3.63, 3.8) is 0 Å². The second-order valence-electron chi connectivity index (χ2n) is 12.4. The van der Waals surface area contributed by atoms with E-state index in [1.54, 1.807) is 30.3 Å². The van der Waals surface area contributed by atoms with Gasteiger partial charge in [0.25, 0.3) is 0 Å². The summed E-state index contributed by atoms with van der Waals surface area (Å²) in [6.45, 7) is -1.04. The Hall–Kier alpha value is -6.32. The fourth-order valence-corrected chi connectivity index (χ4v) is 6.05. The largest absolute Gasteiger partial charge is 0.487 e. The van der Waals surface area contributed by atoms with E-state index in [0.717, 1.165) is 16.7 Å². The lowest BCUT2D eigenvalue weighted by Gasteiger charge is -2.13. The number of halogens is 4. The van der Waals surface area contributed by atoms with Crippen LogP contribution in [-0.2, 0) is 48.4 Å². The molecule has 18 heteroatoms. The first-order chi connectivity index (χ1) is 29.2. The van der Waals surface area contributed by atoms with Gasteiger partial charge < -0.3 is 39.2 Å². The van der Waals surface area contributed by atoms with Crippen molar-refractivity contribution in [2.45, 2.75) is 32.3 Å². The Morgan fingerprint density at radius 1 is 0.525 bits per heavy atom. The highest BCUT2D eigenvalue weighted by Gasteiger charge is 2.25. The molecule has 5 rings (SSSR count). The Morgan fingerprint density at radius 3 is 1.30 bits per heavy atom. The van der Waals surface area contributed by atoms with Crippen molar-refractivity contribution in [1.29, 1.82) is 0 Å². The third-order valence-electron chi connectivity index (χ3n) is 7.90. The number of alkyl carbamates (subject to hydrolysis) is 1. The minimum Gasteiger partial charge on any atom is -0.487 e. The third kappa shape index (κ3) is 15.3. The quantitative estimate of drug-likeness (QED) is 0.0556. The average Bonchev–Trinajstić information content (AvgIpc) is 3.24. The molecule has 0 aliphatic heterocycles. The van der Waals surface area contributed by atoms with Crippen LogP contribution in [0, 0.1) is 0 Å². The van der Waals surface area contributed by atoms with E-state index in [-0.39, 0.29) is 62.5 Å². The van der Waals surface area contributed by atoms with Gasteiger partial charge in [-0.05, 0) is 41.0 Å². The van der Waals surface area contributed by atoms with Crippen LogP contribution in [0.4, 0.5) is 4.79 Å². The summed E-state index contributed by atoms with van der Waals surface area (Å²) in [5.41, 5.74) is 2.19. The molecule has 3 N–H and O–H groups in total. The summed E-state index contributed by atoms with van der Waals surface area (Å²) in [5.74, 6) is -4.96. The zero-order valence-electron chi connectivity index (χ0n) is 31.7. The van der Waals surface area contributed by atoms with Gasteiger partial charge in [0, 0.05) is 0 Å². The van der Waals surface area contributed by atoms with Crippen molar-refractivity contribution < 1.29 is 62.7 Å². The van der Waals surface area contributed by atoms with E-state index >= 15 is 0 Å². The van der Waals surface area contributed by atoms with Crippen LogP contribution in [0.3, 0.4) is 0 Å². The Bertz CT molecular complexity index is 2200. The number of carboxylic acid groups (broad SMARTS) is 2. The molecule has 0 spiro atoms.